The van der Waals surface area contributed by atoms with Crippen molar-refractivity contribution in [1.29, 1.82) is 0 Å². The molecule has 5 heteroatoms. The smallest absolute Gasteiger partial charge is 0.147 e. The summed E-state index contributed by atoms with van der Waals surface area (Å²) >= 11 is 1.66. The molecule has 0 fully saturated rings. The molecule has 0 bridgehead atoms. The molecule has 0 aliphatic rings. The van der Waals surface area contributed by atoms with E-state index in [0.29, 0.717) is 6.42 Å². The molecule has 80 valence electrons. The highest BCUT2D eigenvalue weighted by Gasteiger charge is 2.09. The molecule has 1 atom stereocenters. The normalized spacial score (nSPS) is 14.1. The molecule has 1 heterocycles. The highest BCUT2D eigenvalue weighted by Crippen LogP contribution is 2.11. The Labute approximate surface area is 88.9 Å². The van der Waals surface area contributed by atoms with Gasteiger partial charge in [0.15, 0.2) is 0 Å². The fourth-order valence-corrected chi connectivity index (χ4v) is 2.68. The highest BCUT2D eigenvalue weighted by molar-refractivity contribution is 7.90. The number of nitrogens with two attached hydrogens (primary N) is 1. The molecular formula is C9H15NO2S2. The summed E-state index contributed by atoms with van der Waals surface area (Å²) in [5, 5.41) is 2.00. The van der Waals surface area contributed by atoms with Gasteiger partial charge in [-0.05, 0) is 24.3 Å². The van der Waals surface area contributed by atoms with Crippen LogP contribution in [0.2, 0.25) is 0 Å². The molecule has 0 aromatic carbocycles. The van der Waals surface area contributed by atoms with Crippen molar-refractivity contribution in [3.8, 4) is 0 Å². The van der Waals surface area contributed by atoms with Crippen LogP contribution in [0.5, 0.6) is 0 Å². The van der Waals surface area contributed by atoms with Crippen molar-refractivity contribution in [3.63, 3.8) is 0 Å². The van der Waals surface area contributed by atoms with Crippen LogP contribution in [0.15, 0.2) is 17.5 Å². The second-order valence-electron chi connectivity index (χ2n) is 3.46. The fraction of sp³-hybridized carbons (Fsp3) is 0.556. The molecule has 0 saturated carbocycles. The largest absolute Gasteiger partial charge is 0.327 e. The van der Waals surface area contributed by atoms with Gasteiger partial charge in [0.05, 0.1) is 5.75 Å². The number of sulfone groups is 1. The minimum absolute atomic E-state index is 0.0524. The van der Waals surface area contributed by atoms with Gasteiger partial charge in [-0.15, -0.1) is 11.3 Å². The third-order valence-electron chi connectivity index (χ3n) is 1.90. The van der Waals surface area contributed by atoms with Crippen molar-refractivity contribution in [1.82, 2.24) is 0 Å². The van der Waals surface area contributed by atoms with Gasteiger partial charge < -0.3 is 5.73 Å². The summed E-state index contributed by atoms with van der Waals surface area (Å²) in [4.78, 5) is 1.21. The Hall–Kier alpha value is -0.390. The van der Waals surface area contributed by atoms with E-state index in [1.165, 1.54) is 11.1 Å². The predicted molar refractivity (Wildman–Crippen MR) is 60.3 cm³/mol. The molecule has 0 radical (unpaired) electrons. The number of hydrogen-bond donors (Lipinski definition) is 1. The molecule has 0 aliphatic carbocycles. The average molecular weight is 233 g/mol. The van der Waals surface area contributed by atoms with Crippen LogP contribution >= 0.6 is 11.3 Å². The molecule has 1 rings (SSSR count). The van der Waals surface area contributed by atoms with Crippen LogP contribution in [-0.4, -0.2) is 26.5 Å². The Morgan fingerprint density at radius 3 is 2.79 bits per heavy atom. The van der Waals surface area contributed by atoms with Crippen molar-refractivity contribution in [2.75, 3.05) is 12.0 Å². The molecule has 1 aromatic rings. The van der Waals surface area contributed by atoms with E-state index in [0.717, 1.165) is 6.42 Å². The Balaban J connectivity index is 2.33. The van der Waals surface area contributed by atoms with Crippen LogP contribution in [0.4, 0.5) is 0 Å². The van der Waals surface area contributed by atoms with Crippen LogP contribution < -0.4 is 5.73 Å². The van der Waals surface area contributed by atoms with Crippen molar-refractivity contribution < 1.29 is 8.42 Å². The summed E-state index contributed by atoms with van der Waals surface area (Å²) in [6.45, 7) is 0. The van der Waals surface area contributed by atoms with Crippen molar-refractivity contribution in [3.05, 3.63) is 22.4 Å². The minimum atomic E-state index is -2.87. The molecule has 3 nitrogen and oxygen atoms in total. The third-order valence-corrected chi connectivity index (χ3v) is 3.78. The molecular weight excluding hydrogens is 218 g/mol. The van der Waals surface area contributed by atoms with Crippen LogP contribution in [0, 0.1) is 0 Å². The van der Waals surface area contributed by atoms with Gasteiger partial charge in [0.1, 0.15) is 9.84 Å². The van der Waals surface area contributed by atoms with Gasteiger partial charge in [-0.1, -0.05) is 6.07 Å². The first-order valence-corrected chi connectivity index (χ1v) is 7.37. The van der Waals surface area contributed by atoms with Crippen molar-refractivity contribution in [2.24, 2.45) is 5.73 Å². The van der Waals surface area contributed by atoms with E-state index in [1.807, 2.05) is 17.5 Å². The SMILES string of the molecule is CS(=O)(=O)CCC(N)Cc1cccs1. The van der Waals surface area contributed by atoms with Crippen LogP contribution in [0.25, 0.3) is 0 Å². The van der Waals surface area contributed by atoms with Gasteiger partial charge in [-0.2, -0.15) is 0 Å². The van der Waals surface area contributed by atoms with Gasteiger partial charge in [-0.25, -0.2) is 8.42 Å². The van der Waals surface area contributed by atoms with E-state index in [-0.39, 0.29) is 11.8 Å². The van der Waals surface area contributed by atoms with Crippen molar-refractivity contribution in [2.45, 2.75) is 18.9 Å². The molecule has 1 aromatic heterocycles. The van der Waals surface area contributed by atoms with E-state index in [9.17, 15) is 8.42 Å². The monoisotopic (exact) mass is 233 g/mol. The Morgan fingerprint density at radius 2 is 2.29 bits per heavy atom. The van der Waals surface area contributed by atoms with E-state index < -0.39 is 9.84 Å². The maximum atomic E-state index is 10.9. The lowest BCUT2D eigenvalue weighted by molar-refractivity contribution is 0.586. The van der Waals surface area contributed by atoms with E-state index >= 15 is 0 Å². The molecule has 2 N–H and O–H groups in total. The predicted octanol–water partition coefficient (Wildman–Crippen LogP) is 1.05. The molecule has 0 spiro atoms. The quantitative estimate of drug-likeness (QED) is 0.827. The number of rotatable bonds is 5. The van der Waals surface area contributed by atoms with E-state index in [2.05, 4.69) is 0 Å². The maximum Gasteiger partial charge on any atom is 0.147 e. The van der Waals surface area contributed by atoms with E-state index in [1.54, 1.807) is 11.3 Å². The van der Waals surface area contributed by atoms with E-state index in [4.69, 9.17) is 5.73 Å². The standard InChI is InChI=1S/C9H15NO2S2/c1-14(11,12)6-4-8(10)7-9-3-2-5-13-9/h2-3,5,8H,4,6-7,10H2,1H3. The summed E-state index contributed by atoms with van der Waals surface area (Å²) in [7, 11) is -2.87. The molecule has 0 aliphatic heterocycles. The third kappa shape index (κ3) is 4.74. The lowest BCUT2D eigenvalue weighted by atomic mass is 10.1. The summed E-state index contributed by atoms with van der Waals surface area (Å²) in [5.41, 5.74) is 5.81. The Morgan fingerprint density at radius 1 is 1.57 bits per heavy atom. The molecule has 14 heavy (non-hydrogen) atoms. The van der Waals surface area contributed by atoms with Crippen LogP contribution in [0.1, 0.15) is 11.3 Å². The van der Waals surface area contributed by atoms with Gasteiger partial charge in [-0.3, -0.25) is 0 Å². The first kappa shape index (κ1) is 11.7. The highest BCUT2D eigenvalue weighted by atomic mass is 32.2. The molecule has 0 saturated heterocycles. The van der Waals surface area contributed by atoms with Gasteiger partial charge in [0.25, 0.3) is 0 Å². The lowest BCUT2D eigenvalue weighted by Gasteiger charge is -2.08. The average Bonchev–Trinajstić information content (AvgIpc) is 2.52. The van der Waals surface area contributed by atoms with Crippen molar-refractivity contribution >= 4 is 21.2 Å². The summed E-state index contributed by atoms with van der Waals surface area (Å²) in [5.74, 6) is 0.180. The first-order valence-electron chi connectivity index (χ1n) is 4.43. The zero-order valence-electron chi connectivity index (χ0n) is 8.14. The molecule has 0 amide bonds. The zero-order chi connectivity index (χ0) is 10.6. The van der Waals surface area contributed by atoms with Gasteiger partial charge in [0.2, 0.25) is 0 Å². The first-order chi connectivity index (χ1) is 6.47. The van der Waals surface area contributed by atoms with Gasteiger partial charge in [0, 0.05) is 17.2 Å². The summed E-state index contributed by atoms with van der Waals surface area (Å²) in [6, 6.07) is 3.94. The fourth-order valence-electron chi connectivity index (χ4n) is 1.15. The number of thiophene rings is 1. The lowest BCUT2D eigenvalue weighted by Crippen LogP contribution is -2.25. The second-order valence-corrected chi connectivity index (χ2v) is 6.75. The van der Waals surface area contributed by atoms with Gasteiger partial charge >= 0.3 is 0 Å². The zero-order valence-corrected chi connectivity index (χ0v) is 9.77. The van der Waals surface area contributed by atoms with Crippen LogP contribution in [0.3, 0.4) is 0 Å². The Bertz CT molecular complexity index is 356. The summed E-state index contributed by atoms with van der Waals surface area (Å²) in [6.07, 6.45) is 2.55. The van der Waals surface area contributed by atoms with Crippen LogP contribution in [-0.2, 0) is 16.3 Å². The number of hydrogen-bond acceptors (Lipinski definition) is 4. The second kappa shape index (κ2) is 4.91. The topological polar surface area (TPSA) is 60.2 Å². The maximum absolute atomic E-state index is 10.9. The minimum Gasteiger partial charge on any atom is -0.327 e. The Kier molecular flexibility index (Phi) is 4.10. The summed E-state index contributed by atoms with van der Waals surface area (Å²) < 4.78 is 21.8. The molecule has 1 unspecified atom stereocenters.